The highest BCUT2D eigenvalue weighted by atomic mass is 19.1. The van der Waals surface area contributed by atoms with Gasteiger partial charge in [-0.05, 0) is 36.4 Å². The summed E-state index contributed by atoms with van der Waals surface area (Å²) < 4.78 is 39.5. The van der Waals surface area contributed by atoms with E-state index in [1.54, 1.807) is 0 Å². The van der Waals surface area contributed by atoms with Crippen LogP contribution in [0.2, 0.25) is 0 Å². The van der Waals surface area contributed by atoms with Gasteiger partial charge in [0, 0.05) is 17.8 Å². The first-order valence-electron chi connectivity index (χ1n) is 5.47. The Bertz CT molecular complexity index is 648. The highest BCUT2D eigenvalue weighted by Gasteiger charge is 2.05. The van der Waals surface area contributed by atoms with Crippen molar-refractivity contribution in [3.8, 4) is 6.07 Å². The Kier molecular flexibility index (Phi) is 3.71. The van der Waals surface area contributed by atoms with Crippen molar-refractivity contribution >= 4 is 5.69 Å². The van der Waals surface area contributed by atoms with Gasteiger partial charge in [0.1, 0.15) is 17.5 Å². The fourth-order valence-corrected chi connectivity index (χ4v) is 1.63. The molecule has 2 rings (SSSR count). The highest BCUT2D eigenvalue weighted by Crippen LogP contribution is 2.16. The Morgan fingerprint density at radius 1 is 1.00 bits per heavy atom. The third-order valence-corrected chi connectivity index (χ3v) is 2.52. The first-order valence-corrected chi connectivity index (χ1v) is 5.47. The molecule has 0 aliphatic carbocycles. The Hall–Kier alpha value is -2.48. The summed E-state index contributed by atoms with van der Waals surface area (Å²) in [5.74, 6) is -1.66. The molecule has 0 saturated heterocycles. The number of halogens is 3. The van der Waals surface area contributed by atoms with E-state index in [1.165, 1.54) is 12.1 Å². The standard InChI is InChI=1S/C14H9F3N2/c15-11-1-2-14(17)10(5-11)8-19-13-4-9(7-18)3-12(16)6-13/h1-6,19H,8H2. The predicted octanol–water partition coefficient (Wildman–Crippen LogP) is 3.59. The van der Waals surface area contributed by atoms with Gasteiger partial charge in [-0.2, -0.15) is 5.26 Å². The van der Waals surface area contributed by atoms with Crippen LogP contribution in [-0.4, -0.2) is 0 Å². The summed E-state index contributed by atoms with van der Waals surface area (Å²) in [6.07, 6.45) is 0. The van der Waals surface area contributed by atoms with Gasteiger partial charge >= 0.3 is 0 Å². The summed E-state index contributed by atoms with van der Waals surface area (Å²) in [6.45, 7) is -0.00207. The quantitative estimate of drug-likeness (QED) is 0.917. The highest BCUT2D eigenvalue weighted by molar-refractivity contribution is 5.50. The van der Waals surface area contributed by atoms with Crippen LogP contribution in [-0.2, 0) is 6.54 Å². The SMILES string of the molecule is N#Cc1cc(F)cc(NCc2cc(F)ccc2F)c1. The van der Waals surface area contributed by atoms with Crippen molar-refractivity contribution < 1.29 is 13.2 Å². The van der Waals surface area contributed by atoms with E-state index in [9.17, 15) is 13.2 Å². The number of hydrogen-bond acceptors (Lipinski definition) is 2. The Morgan fingerprint density at radius 3 is 2.53 bits per heavy atom. The number of nitrogens with one attached hydrogen (secondary N) is 1. The maximum Gasteiger partial charge on any atom is 0.128 e. The predicted molar refractivity (Wildman–Crippen MR) is 64.8 cm³/mol. The third kappa shape index (κ3) is 3.26. The summed E-state index contributed by atoms with van der Waals surface area (Å²) in [5, 5.41) is 11.4. The molecule has 0 aliphatic heterocycles. The van der Waals surface area contributed by atoms with Gasteiger partial charge in [0.05, 0.1) is 11.6 Å². The largest absolute Gasteiger partial charge is 0.381 e. The maximum absolute atomic E-state index is 13.4. The molecule has 2 nitrogen and oxygen atoms in total. The molecule has 0 bridgehead atoms. The molecule has 5 heteroatoms. The van der Waals surface area contributed by atoms with Crippen molar-refractivity contribution in [1.29, 1.82) is 5.26 Å². The molecule has 0 amide bonds. The Morgan fingerprint density at radius 2 is 1.79 bits per heavy atom. The molecule has 19 heavy (non-hydrogen) atoms. The number of rotatable bonds is 3. The summed E-state index contributed by atoms with van der Waals surface area (Å²) in [7, 11) is 0. The van der Waals surface area contributed by atoms with Crippen molar-refractivity contribution in [2.45, 2.75) is 6.54 Å². The van der Waals surface area contributed by atoms with Crippen LogP contribution in [0.1, 0.15) is 11.1 Å². The van der Waals surface area contributed by atoms with Crippen molar-refractivity contribution in [3.05, 3.63) is 65.0 Å². The molecule has 0 saturated carbocycles. The molecule has 0 radical (unpaired) electrons. The lowest BCUT2D eigenvalue weighted by Crippen LogP contribution is -2.03. The van der Waals surface area contributed by atoms with Crippen LogP contribution in [0.15, 0.2) is 36.4 Å². The molecule has 0 fully saturated rings. The third-order valence-electron chi connectivity index (χ3n) is 2.52. The van der Waals surface area contributed by atoms with E-state index in [0.29, 0.717) is 5.69 Å². The molecule has 0 aliphatic rings. The second-order valence-corrected chi connectivity index (χ2v) is 3.93. The maximum atomic E-state index is 13.4. The van der Waals surface area contributed by atoms with Crippen LogP contribution in [0, 0.1) is 28.8 Å². The van der Waals surface area contributed by atoms with Crippen LogP contribution < -0.4 is 5.32 Å². The van der Waals surface area contributed by atoms with Gasteiger partial charge in [0.15, 0.2) is 0 Å². The number of nitrogens with zero attached hydrogens (tertiary/aromatic N) is 1. The first-order chi connectivity index (χ1) is 9.08. The molecule has 0 unspecified atom stereocenters. The van der Waals surface area contributed by atoms with Gasteiger partial charge in [-0.1, -0.05) is 0 Å². The summed E-state index contributed by atoms with van der Waals surface area (Å²) in [6, 6.07) is 8.62. The fraction of sp³-hybridized carbons (Fsp3) is 0.0714. The molecule has 0 heterocycles. The lowest BCUT2D eigenvalue weighted by atomic mass is 10.1. The smallest absolute Gasteiger partial charge is 0.128 e. The van der Waals surface area contributed by atoms with Gasteiger partial charge in [0.2, 0.25) is 0 Å². The summed E-state index contributed by atoms with van der Waals surface area (Å²) in [4.78, 5) is 0. The average Bonchev–Trinajstić information content (AvgIpc) is 2.39. The van der Waals surface area contributed by atoms with Gasteiger partial charge in [-0.3, -0.25) is 0 Å². The van der Waals surface area contributed by atoms with Crippen molar-refractivity contribution in [2.24, 2.45) is 0 Å². The minimum Gasteiger partial charge on any atom is -0.381 e. The van der Waals surface area contributed by atoms with Crippen molar-refractivity contribution in [3.63, 3.8) is 0 Å². The normalized spacial score (nSPS) is 10.0. The zero-order chi connectivity index (χ0) is 13.8. The summed E-state index contributed by atoms with van der Waals surface area (Å²) >= 11 is 0. The van der Waals surface area contributed by atoms with E-state index in [-0.39, 0.29) is 17.7 Å². The average molecular weight is 262 g/mol. The Balaban J connectivity index is 2.17. The molecule has 96 valence electrons. The van der Waals surface area contributed by atoms with E-state index in [4.69, 9.17) is 5.26 Å². The molecular formula is C14H9F3N2. The van der Waals surface area contributed by atoms with E-state index >= 15 is 0 Å². The van der Waals surface area contributed by atoms with Crippen LogP contribution in [0.4, 0.5) is 18.9 Å². The first kappa shape index (κ1) is 13.0. The van der Waals surface area contributed by atoms with Crippen LogP contribution in [0.25, 0.3) is 0 Å². The van der Waals surface area contributed by atoms with Crippen molar-refractivity contribution in [2.75, 3.05) is 5.32 Å². The Labute approximate surface area is 108 Å². The van der Waals surface area contributed by atoms with Crippen molar-refractivity contribution in [1.82, 2.24) is 0 Å². The topological polar surface area (TPSA) is 35.8 Å². The number of anilines is 1. The molecule has 0 atom stereocenters. The fourth-order valence-electron chi connectivity index (χ4n) is 1.63. The number of nitriles is 1. The number of hydrogen-bond donors (Lipinski definition) is 1. The van der Waals surface area contributed by atoms with E-state index in [2.05, 4.69) is 5.32 Å². The van der Waals surface area contributed by atoms with E-state index in [1.807, 2.05) is 6.07 Å². The molecule has 1 N–H and O–H groups in total. The summed E-state index contributed by atoms with van der Waals surface area (Å²) in [5.41, 5.74) is 0.616. The van der Waals surface area contributed by atoms with Crippen LogP contribution in [0.5, 0.6) is 0 Å². The molecule has 2 aromatic carbocycles. The minimum absolute atomic E-state index is 0.00207. The van der Waals surface area contributed by atoms with Crippen LogP contribution >= 0.6 is 0 Å². The molecular weight excluding hydrogens is 253 g/mol. The minimum atomic E-state index is -0.568. The van der Waals surface area contributed by atoms with Gasteiger partial charge < -0.3 is 5.32 Å². The van der Waals surface area contributed by atoms with E-state index in [0.717, 1.165) is 24.3 Å². The number of benzene rings is 2. The second-order valence-electron chi connectivity index (χ2n) is 3.93. The molecule has 0 spiro atoms. The van der Waals surface area contributed by atoms with Gasteiger partial charge in [-0.25, -0.2) is 13.2 Å². The van der Waals surface area contributed by atoms with Gasteiger partial charge in [-0.15, -0.1) is 0 Å². The molecule has 0 aromatic heterocycles. The van der Waals surface area contributed by atoms with Crippen LogP contribution in [0.3, 0.4) is 0 Å². The zero-order valence-corrected chi connectivity index (χ0v) is 9.75. The molecule has 2 aromatic rings. The van der Waals surface area contributed by atoms with Gasteiger partial charge in [0.25, 0.3) is 0 Å². The zero-order valence-electron chi connectivity index (χ0n) is 9.75. The van der Waals surface area contributed by atoms with E-state index < -0.39 is 17.5 Å². The lowest BCUT2D eigenvalue weighted by Gasteiger charge is -2.08. The second kappa shape index (κ2) is 5.44. The lowest BCUT2D eigenvalue weighted by molar-refractivity contribution is 0.587. The monoisotopic (exact) mass is 262 g/mol.